The Balaban J connectivity index is 0.907. The summed E-state index contributed by atoms with van der Waals surface area (Å²) in [6.45, 7) is 6.44. The molecule has 0 aliphatic heterocycles. The van der Waals surface area contributed by atoms with Crippen LogP contribution in [0.25, 0.3) is 22.7 Å². The van der Waals surface area contributed by atoms with Crippen molar-refractivity contribution in [3.05, 3.63) is 101 Å². The second-order valence-electron chi connectivity index (χ2n) is 13.1. The fourth-order valence-corrected chi connectivity index (χ4v) is 5.44. The SMILES string of the molecule is CC(C)C[C@H](NC(=O)CCCc1ccccc1)C(=O)NCCOCCOCCOc1ccc(COc2ccc3oc(-c4ccc(=O)n(C)n4)nc3c2)nc1. The van der Waals surface area contributed by atoms with Gasteiger partial charge in [-0.25, -0.2) is 9.67 Å². The van der Waals surface area contributed by atoms with E-state index >= 15 is 0 Å². The third-order valence-electron chi connectivity index (χ3n) is 8.21. The summed E-state index contributed by atoms with van der Waals surface area (Å²) < 4.78 is 29.8. The second-order valence-corrected chi connectivity index (χ2v) is 13.1. The molecule has 0 fully saturated rings. The van der Waals surface area contributed by atoms with Crippen molar-refractivity contribution < 1.29 is 33.0 Å². The number of aromatic nitrogens is 4. The van der Waals surface area contributed by atoms with E-state index in [0.717, 1.165) is 18.5 Å². The molecule has 3 heterocycles. The number of hydrogen-bond donors (Lipinski definition) is 2. The van der Waals surface area contributed by atoms with Crippen molar-refractivity contribution in [2.45, 2.75) is 52.2 Å². The van der Waals surface area contributed by atoms with Crippen molar-refractivity contribution in [1.82, 2.24) is 30.4 Å². The molecule has 3 aromatic heterocycles. The number of rotatable bonds is 22. The number of carbonyl (C=O) groups excluding carboxylic acids is 2. The molecule has 5 rings (SSSR count). The molecular weight excluding hydrogens is 692 g/mol. The molecule has 0 bridgehead atoms. The van der Waals surface area contributed by atoms with Crippen LogP contribution in [-0.2, 0) is 39.1 Å². The van der Waals surface area contributed by atoms with Crippen LogP contribution in [0.15, 0.2) is 88.2 Å². The number of aryl methyl sites for hydroxylation is 2. The van der Waals surface area contributed by atoms with Gasteiger partial charge in [0, 0.05) is 32.1 Å². The third-order valence-corrected chi connectivity index (χ3v) is 8.21. The van der Waals surface area contributed by atoms with Crippen LogP contribution in [0.3, 0.4) is 0 Å². The molecule has 1 atom stereocenters. The van der Waals surface area contributed by atoms with E-state index in [1.165, 1.54) is 16.3 Å². The molecule has 5 aromatic rings. The number of pyridine rings is 1. The van der Waals surface area contributed by atoms with Gasteiger partial charge in [0.25, 0.3) is 5.56 Å². The quantitative estimate of drug-likeness (QED) is 0.0949. The topological polar surface area (TPSA) is 169 Å². The molecule has 2 aromatic carbocycles. The molecule has 14 heteroatoms. The lowest BCUT2D eigenvalue weighted by Crippen LogP contribution is -2.48. The van der Waals surface area contributed by atoms with E-state index in [1.807, 2.05) is 56.3 Å². The fourth-order valence-electron chi connectivity index (χ4n) is 5.44. The normalized spacial score (nSPS) is 11.8. The number of ether oxygens (including phenoxy) is 4. The van der Waals surface area contributed by atoms with Crippen LogP contribution < -0.4 is 25.7 Å². The average Bonchev–Trinajstić information content (AvgIpc) is 3.60. The Bertz CT molecular complexity index is 1980. The maximum absolute atomic E-state index is 12.8. The number of oxazole rings is 1. The number of nitrogens with one attached hydrogen (secondary N) is 2. The van der Waals surface area contributed by atoms with E-state index in [2.05, 4.69) is 25.7 Å². The lowest BCUT2D eigenvalue weighted by molar-refractivity contribution is -0.129. The Morgan fingerprint density at radius 1 is 0.889 bits per heavy atom. The van der Waals surface area contributed by atoms with E-state index in [1.54, 1.807) is 37.5 Å². The van der Waals surface area contributed by atoms with E-state index in [9.17, 15) is 14.4 Å². The van der Waals surface area contributed by atoms with Crippen LogP contribution in [-0.4, -0.2) is 77.2 Å². The second kappa shape index (κ2) is 20.6. The Hall–Kier alpha value is -5.60. The van der Waals surface area contributed by atoms with Gasteiger partial charge in [0.2, 0.25) is 17.7 Å². The van der Waals surface area contributed by atoms with Gasteiger partial charge < -0.3 is 34.0 Å². The van der Waals surface area contributed by atoms with Gasteiger partial charge in [-0.2, -0.15) is 5.10 Å². The van der Waals surface area contributed by atoms with E-state index < -0.39 is 6.04 Å². The highest BCUT2D eigenvalue weighted by Crippen LogP contribution is 2.26. The first-order chi connectivity index (χ1) is 26.2. The maximum Gasteiger partial charge on any atom is 0.266 e. The van der Waals surface area contributed by atoms with Crippen molar-refractivity contribution >= 4 is 22.9 Å². The Kier molecular flexibility index (Phi) is 15.1. The van der Waals surface area contributed by atoms with Gasteiger partial charge in [0.1, 0.15) is 42.0 Å². The molecule has 54 heavy (non-hydrogen) atoms. The number of fused-ring (bicyclic) bond motifs is 1. The van der Waals surface area contributed by atoms with E-state index in [0.29, 0.717) is 86.6 Å². The first kappa shape index (κ1) is 39.6. The largest absolute Gasteiger partial charge is 0.490 e. The molecule has 14 nitrogen and oxygen atoms in total. The van der Waals surface area contributed by atoms with Crippen LogP contribution in [0, 0.1) is 5.92 Å². The summed E-state index contributed by atoms with van der Waals surface area (Å²) >= 11 is 0. The molecule has 0 saturated carbocycles. The van der Waals surface area contributed by atoms with Gasteiger partial charge in [0.05, 0.1) is 38.3 Å². The lowest BCUT2D eigenvalue weighted by atomic mass is 10.0. The summed E-state index contributed by atoms with van der Waals surface area (Å²) in [4.78, 5) is 45.9. The average molecular weight is 741 g/mol. The standard InChI is InChI=1S/C40H48N6O8/c1-28(2)24-35(43-37(47)11-7-10-29-8-5-4-6-9-29)39(49)41-18-19-50-20-21-51-22-23-52-32-13-12-30(42-26-32)27-53-31-14-16-36-34(25-31)44-40(54-36)33-15-17-38(48)46(3)45-33/h4-6,8-9,12-17,25-26,28,35H,7,10-11,18-24,27H2,1-3H3,(H,41,49)(H,43,47)/t35-/m0/s1. The summed E-state index contributed by atoms with van der Waals surface area (Å²) in [5, 5.41) is 9.96. The molecule has 0 aliphatic carbocycles. The predicted octanol–water partition coefficient (Wildman–Crippen LogP) is 4.64. The van der Waals surface area contributed by atoms with Crippen molar-refractivity contribution in [1.29, 1.82) is 0 Å². The van der Waals surface area contributed by atoms with Crippen molar-refractivity contribution in [3.8, 4) is 23.1 Å². The molecular formula is C40H48N6O8. The Labute approximate surface area is 314 Å². The van der Waals surface area contributed by atoms with Crippen LogP contribution in [0.2, 0.25) is 0 Å². The van der Waals surface area contributed by atoms with Crippen LogP contribution in [0.1, 0.15) is 44.4 Å². The summed E-state index contributed by atoms with van der Waals surface area (Å²) in [5.74, 6) is 1.46. The van der Waals surface area contributed by atoms with Gasteiger partial charge >= 0.3 is 0 Å². The minimum absolute atomic E-state index is 0.115. The lowest BCUT2D eigenvalue weighted by Gasteiger charge is -2.20. The minimum Gasteiger partial charge on any atom is -0.490 e. The Morgan fingerprint density at radius 3 is 2.43 bits per heavy atom. The number of benzene rings is 2. The van der Waals surface area contributed by atoms with Crippen LogP contribution in [0.5, 0.6) is 11.5 Å². The third kappa shape index (κ3) is 12.8. The van der Waals surface area contributed by atoms with Crippen molar-refractivity contribution in [2.75, 3.05) is 39.6 Å². The van der Waals surface area contributed by atoms with E-state index in [-0.39, 0.29) is 29.9 Å². The fraction of sp³-hybridized carbons (Fsp3) is 0.400. The molecule has 0 radical (unpaired) electrons. The molecule has 286 valence electrons. The monoisotopic (exact) mass is 740 g/mol. The minimum atomic E-state index is -0.576. The number of nitrogens with zero attached hydrogens (tertiary/aromatic N) is 4. The zero-order valence-corrected chi connectivity index (χ0v) is 31.0. The Morgan fingerprint density at radius 2 is 1.67 bits per heavy atom. The van der Waals surface area contributed by atoms with Gasteiger partial charge in [-0.05, 0) is 61.1 Å². The van der Waals surface area contributed by atoms with Gasteiger partial charge in [0.15, 0.2) is 5.58 Å². The molecule has 0 aliphatic rings. The predicted molar refractivity (Wildman–Crippen MR) is 202 cm³/mol. The number of hydrogen-bond acceptors (Lipinski definition) is 11. The molecule has 0 saturated heterocycles. The zero-order valence-electron chi connectivity index (χ0n) is 31.0. The summed E-state index contributed by atoms with van der Waals surface area (Å²) in [7, 11) is 1.57. The first-order valence-electron chi connectivity index (χ1n) is 18.2. The highest BCUT2D eigenvalue weighted by atomic mass is 16.5. The van der Waals surface area contributed by atoms with Gasteiger partial charge in [-0.15, -0.1) is 0 Å². The molecule has 0 spiro atoms. The zero-order chi connectivity index (χ0) is 38.1. The van der Waals surface area contributed by atoms with Crippen LogP contribution in [0.4, 0.5) is 0 Å². The highest BCUT2D eigenvalue weighted by Gasteiger charge is 2.21. The number of amides is 2. The van der Waals surface area contributed by atoms with E-state index in [4.69, 9.17) is 23.4 Å². The molecule has 2 amide bonds. The van der Waals surface area contributed by atoms with Gasteiger partial charge in [-0.1, -0.05) is 44.2 Å². The van der Waals surface area contributed by atoms with Crippen molar-refractivity contribution in [3.63, 3.8) is 0 Å². The van der Waals surface area contributed by atoms with Gasteiger partial charge in [-0.3, -0.25) is 19.4 Å². The first-order valence-corrected chi connectivity index (χ1v) is 18.2. The smallest absolute Gasteiger partial charge is 0.266 e. The van der Waals surface area contributed by atoms with Crippen LogP contribution >= 0.6 is 0 Å². The summed E-state index contributed by atoms with van der Waals surface area (Å²) in [5.41, 5.74) is 3.33. The highest BCUT2D eigenvalue weighted by molar-refractivity contribution is 5.87. The summed E-state index contributed by atoms with van der Waals surface area (Å²) in [6.07, 6.45) is 4.11. The maximum atomic E-state index is 12.8. The number of carbonyl (C=O) groups is 2. The van der Waals surface area contributed by atoms with Crippen molar-refractivity contribution in [2.24, 2.45) is 13.0 Å². The molecule has 2 N–H and O–H groups in total. The molecule has 0 unspecified atom stereocenters. The summed E-state index contributed by atoms with van der Waals surface area (Å²) in [6, 6.07) is 21.4.